The summed E-state index contributed by atoms with van der Waals surface area (Å²) in [5.41, 5.74) is 1.51. The zero-order valence-electron chi connectivity index (χ0n) is 7.18. The van der Waals surface area contributed by atoms with E-state index in [1.807, 2.05) is 0 Å². The standard InChI is InChI=1S/C10H7NO3/c12-5-10-9(6-14-11-10)7-2-1-3-8(13)4-7/h1-6,13H. The number of carbonyl (C=O) groups excluding carboxylic acids is 1. The Morgan fingerprint density at radius 1 is 1.43 bits per heavy atom. The lowest BCUT2D eigenvalue weighted by Crippen LogP contribution is -1.83. The van der Waals surface area contributed by atoms with Crippen molar-refractivity contribution in [2.75, 3.05) is 0 Å². The highest BCUT2D eigenvalue weighted by atomic mass is 16.5. The van der Waals surface area contributed by atoms with E-state index in [0.29, 0.717) is 17.4 Å². The fourth-order valence-corrected chi connectivity index (χ4v) is 1.22. The molecule has 0 radical (unpaired) electrons. The van der Waals surface area contributed by atoms with E-state index in [9.17, 15) is 9.90 Å². The van der Waals surface area contributed by atoms with Gasteiger partial charge in [-0.15, -0.1) is 0 Å². The quantitative estimate of drug-likeness (QED) is 0.732. The number of rotatable bonds is 2. The summed E-state index contributed by atoms with van der Waals surface area (Å²) in [5, 5.41) is 12.8. The molecule has 4 heteroatoms. The predicted molar refractivity (Wildman–Crippen MR) is 49.0 cm³/mol. The molecule has 1 heterocycles. The minimum atomic E-state index is 0.139. The van der Waals surface area contributed by atoms with E-state index in [4.69, 9.17) is 0 Å². The maximum Gasteiger partial charge on any atom is 0.172 e. The summed E-state index contributed by atoms with van der Waals surface area (Å²) < 4.78 is 4.67. The molecule has 14 heavy (non-hydrogen) atoms. The Morgan fingerprint density at radius 3 is 3.00 bits per heavy atom. The summed E-state index contributed by atoms with van der Waals surface area (Å²) in [6, 6.07) is 6.54. The van der Waals surface area contributed by atoms with E-state index in [1.165, 1.54) is 6.26 Å². The van der Waals surface area contributed by atoms with E-state index in [2.05, 4.69) is 9.68 Å². The van der Waals surface area contributed by atoms with Crippen molar-refractivity contribution in [3.8, 4) is 16.9 Å². The summed E-state index contributed by atoms with van der Waals surface area (Å²) in [7, 11) is 0. The molecule has 0 bridgehead atoms. The van der Waals surface area contributed by atoms with Crippen LogP contribution in [0.1, 0.15) is 10.5 Å². The highest BCUT2D eigenvalue weighted by Crippen LogP contribution is 2.24. The smallest absolute Gasteiger partial charge is 0.172 e. The molecule has 0 fully saturated rings. The Balaban J connectivity index is 2.54. The van der Waals surface area contributed by atoms with Gasteiger partial charge in [-0.05, 0) is 17.7 Å². The lowest BCUT2D eigenvalue weighted by molar-refractivity contribution is 0.111. The first-order chi connectivity index (χ1) is 6.81. The monoisotopic (exact) mass is 189 g/mol. The van der Waals surface area contributed by atoms with Crippen LogP contribution in [0.4, 0.5) is 0 Å². The number of benzene rings is 1. The van der Waals surface area contributed by atoms with Crippen molar-refractivity contribution in [2.24, 2.45) is 0 Å². The van der Waals surface area contributed by atoms with Crippen LogP contribution in [0.2, 0.25) is 0 Å². The first-order valence-corrected chi connectivity index (χ1v) is 4.00. The minimum absolute atomic E-state index is 0.139. The number of nitrogens with zero attached hydrogens (tertiary/aromatic N) is 1. The third-order valence-corrected chi connectivity index (χ3v) is 1.87. The van der Waals surface area contributed by atoms with Gasteiger partial charge in [0.25, 0.3) is 0 Å². The molecule has 4 nitrogen and oxygen atoms in total. The maximum atomic E-state index is 10.6. The van der Waals surface area contributed by atoms with Gasteiger partial charge in [-0.3, -0.25) is 4.79 Å². The minimum Gasteiger partial charge on any atom is -0.508 e. The van der Waals surface area contributed by atoms with Crippen molar-refractivity contribution in [1.29, 1.82) is 0 Å². The molecule has 0 aliphatic rings. The van der Waals surface area contributed by atoms with Gasteiger partial charge in [0.05, 0.1) is 5.56 Å². The Bertz CT molecular complexity index is 462. The predicted octanol–water partition coefficient (Wildman–Crippen LogP) is 1.86. The third kappa shape index (κ3) is 1.37. The molecular weight excluding hydrogens is 182 g/mol. The summed E-state index contributed by atoms with van der Waals surface area (Å²) in [6.45, 7) is 0. The molecule has 0 saturated heterocycles. The van der Waals surface area contributed by atoms with Crippen LogP contribution in [0.3, 0.4) is 0 Å². The van der Waals surface area contributed by atoms with E-state index in [0.717, 1.165) is 0 Å². The Labute approximate surface area is 79.8 Å². The van der Waals surface area contributed by atoms with Crippen LogP contribution in [-0.4, -0.2) is 16.5 Å². The Morgan fingerprint density at radius 2 is 2.29 bits per heavy atom. The van der Waals surface area contributed by atoms with Crippen LogP contribution in [0.5, 0.6) is 5.75 Å². The summed E-state index contributed by atoms with van der Waals surface area (Å²) in [6.07, 6.45) is 1.99. The topological polar surface area (TPSA) is 63.3 Å². The number of carbonyl (C=O) groups is 1. The molecular formula is C10H7NO3. The first-order valence-electron chi connectivity index (χ1n) is 4.00. The van der Waals surface area contributed by atoms with Crippen LogP contribution in [0.25, 0.3) is 11.1 Å². The lowest BCUT2D eigenvalue weighted by Gasteiger charge is -1.97. The molecule has 2 rings (SSSR count). The van der Waals surface area contributed by atoms with Crippen LogP contribution < -0.4 is 0 Å². The molecule has 70 valence electrons. The zero-order valence-corrected chi connectivity index (χ0v) is 7.18. The maximum absolute atomic E-state index is 10.6. The number of aldehydes is 1. The second kappa shape index (κ2) is 3.33. The average Bonchev–Trinajstić information content (AvgIpc) is 2.65. The zero-order chi connectivity index (χ0) is 9.97. The molecule has 1 aromatic carbocycles. The fourth-order valence-electron chi connectivity index (χ4n) is 1.22. The third-order valence-electron chi connectivity index (χ3n) is 1.87. The molecule has 1 aromatic heterocycles. The number of aromatic nitrogens is 1. The van der Waals surface area contributed by atoms with Gasteiger partial charge >= 0.3 is 0 Å². The van der Waals surface area contributed by atoms with Gasteiger partial charge in [0.15, 0.2) is 12.0 Å². The summed E-state index contributed by atoms with van der Waals surface area (Å²) in [4.78, 5) is 10.6. The van der Waals surface area contributed by atoms with E-state index < -0.39 is 0 Å². The molecule has 0 spiro atoms. The first kappa shape index (κ1) is 8.50. The Kier molecular flexibility index (Phi) is 2.02. The number of aromatic hydroxyl groups is 1. The van der Waals surface area contributed by atoms with Crippen LogP contribution in [0, 0.1) is 0 Å². The van der Waals surface area contributed by atoms with Gasteiger partial charge < -0.3 is 9.63 Å². The van der Waals surface area contributed by atoms with Crippen LogP contribution in [0.15, 0.2) is 35.1 Å². The lowest BCUT2D eigenvalue weighted by atomic mass is 10.1. The van der Waals surface area contributed by atoms with E-state index >= 15 is 0 Å². The van der Waals surface area contributed by atoms with Gasteiger partial charge in [-0.25, -0.2) is 0 Å². The average molecular weight is 189 g/mol. The van der Waals surface area contributed by atoms with Crippen molar-refractivity contribution in [3.63, 3.8) is 0 Å². The summed E-state index contributed by atoms with van der Waals surface area (Å²) >= 11 is 0. The number of phenolic OH excluding ortho intramolecular Hbond substituents is 1. The normalized spacial score (nSPS) is 10.0. The number of hydrogen-bond acceptors (Lipinski definition) is 4. The fraction of sp³-hybridized carbons (Fsp3) is 0. The van der Waals surface area contributed by atoms with Crippen LogP contribution in [-0.2, 0) is 0 Å². The second-order valence-corrected chi connectivity index (χ2v) is 2.78. The van der Waals surface area contributed by atoms with Gasteiger partial charge in [0, 0.05) is 0 Å². The molecule has 0 amide bonds. The van der Waals surface area contributed by atoms with Gasteiger partial charge in [0.1, 0.15) is 12.0 Å². The van der Waals surface area contributed by atoms with E-state index in [-0.39, 0.29) is 11.4 Å². The molecule has 0 aliphatic carbocycles. The van der Waals surface area contributed by atoms with E-state index in [1.54, 1.807) is 24.3 Å². The SMILES string of the molecule is O=Cc1nocc1-c1cccc(O)c1. The largest absolute Gasteiger partial charge is 0.508 e. The van der Waals surface area contributed by atoms with Crippen LogP contribution >= 0.6 is 0 Å². The number of hydrogen-bond donors (Lipinski definition) is 1. The molecule has 1 N–H and O–H groups in total. The molecule has 0 unspecified atom stereocenters. The van der Waals surface area contributed by atoms with Gasteiger partial charge in [-0.2, -0.15) is 0 Å². The summed E-state index contributed by atoms with van der Waals surface area (Å²) in [5.74, 6) is 0.139. The highest BCUT2D eigenvalue weighted by Gasteiger charge is 2.08. The second-order valence-electron chi connectivity index (χ2n) is 2.78. The Hall–Kier alpha value is -2.10. The van der Waals surface area contributed by atoms with Crippen molar-refractivity contribution in [3.05, 3.63) is 36.2 Å². The molecule has 2 aromatic rings. The van der Waals surface area contributed by atoms with Crippen molar-refractivity contribution in [2.45, 2.75) is 0 Å². The van der Waals surface area contributed by atoms with Crippen molar-refractivity contribution in [1.82, 2.24) is 5.16 Å². The highest BCUT2D eigenvalue weighted by molar-refractivity contribution is 5.84. The van der Waals surface area contributed by atoms with Crippen molar-refractivity contribution >= 4 is 6.29 Å². The molecule has 0 aliphatic heterocycles. The molecule has 0 saturated carbocycles. The van der Waals surface area contributed by atoms with Gasteiger partial charge in [-0.1, -0.05) is 17.3 Å². The molecule has 0 atom stereocenters. The number of phenols is 1. The van der Waals surface area contributed by atoms with Gasteiger partial charge in [0.2, 0.25) is 0 Å². The van der Waals surface area contributed by atoms with Crippen molar-refractivity contribution < 1.29 is 14.4 Å².